The normalized spacial score (nSPS) is 20.3. The average molecular weight is 472 g/mol. The fraction of sp³-hybridized carbons (Fsp3) is 0.391. The van der Waals surface area contributed by atoms with Crippen molar-refractivity contribution < 1.29 is 32.7 Å². The molecule has 2 atom stereocenters. The summed E-state index contributed by atoms with van der Waals surface area (Å²) in [6, 6.07) is 7.21. The predicted molar refractivity (Wildman–Crippen MR) is 120 cm³/mol. The molecule has 4 rings (SSSR count). The van der Waals surface area contributed by atoms with E-state index in [4.69, 9.17) is 9.15 Å². The Balaban J connectivity index is 1.41. The number of halogens is 1. The number of piperazine rings is 1. The standard InChI is InChI=1S/C23H25FN4O6/c1-14-11-26(7-8-27(14)22(31)21-6-4-17(13-29)33-21)20-5-3-16(9-19(20)24)28-12-18(34-23(28)32)10-25-15(2)30/h3-6,9,13-14,18H,7-8,10-12H2,1-2H3,(H,25,30)/t14?,18-/m0/s1. The highest BCUT2D eigenvalue weighted by molar-refractivity contribution is 5.93. The van der Waals surface area contributed by atoms with Gasteiger partial charge in [-0.2, -0.15) is 0 Å². The summed E-state index contributed by atoms with van der Waals surface area (Å²) in [4.78, 5) is 51.6. The van der Waals surface area contributed by atoms with Crippen molar-refractivity contribution in [2.75, 3.05) is 42.5 Å². The number of anilines is 2. The van der Waals surface area contributed by atoms with Gasteiger partial charge in [-0.1, -0.05) is 0 Å². The molecular weight excluding hydrogens is 447 g/mol. The summed E-state index contributed by atoms with van der Waals surface area (Å²) < 4.78 is 25.5. The first kappa shape index (κ1) is 23.3. The molecule has 11 heteroatoms. The highest BCUT2D eigenvalue weighted by atomic mass is 19.1. The summed E-state index contributed by atoms with van der Waals surface area (Å²) in [5.41, 5.74) is 0.730. The lowest BCUT2D eigenvalue weighted by Crippen LogP contribution is -2.54. The number of aldehydes is 1. The molecule has 1 aromatic carbocycles. The van der Waals surface area contributed by atoms with Gasteiger partial charge >= 0.3 is 6.09 Å². The molecule has 1 N–H and O–H groups in total. The Morgan fingerprint density at radius 1 is 1.21 bits per heavy atom. The first-order valence-corrected chi connectivity index (χ1v) is 10.9. The van der Waals surface area contributed by atoms with Gasteiger partial charge in [-0.25, -0.2) is 9.18 Å². The molecule has 34 heavy (non-hydrogen) atoms. The van der Waals surface area contributed by atoms with Crippen molar-refractivity contribution in [2.45, 2.75) is 26.0 Å². The Morgan fingerprint density at radius 3 is 2.65 bits per heavy atom. The first-order valence-electron chi connectivity index (χ1n) is 10.9. The molecule has 10 nitrogen and oxygen atoms in total. The number of nitrogens with zero attached hydrogens (tertiary/aromatic N) is 3. The van der Waals surface area contributed by atoms with E-state index in [1.54, 1.807) is 17.0 Å². The second kappa shape index (κ2) is 9.54. The predicted octanol–water partition coefficient (Wildman–Crippen LogP) is 2.04. The third-order valence-corrected chi connectivity index (χ3v) is 5.88. The van der Waals surface area contributed by atoms with Crippen molar-refractivity contribution in [1.82, 2.24) is 10.2 Å². The summed E-state index contributed by atoms with van der Waals surface area (Å²) in [5.74, 6) is -0.871. The number of benzene rings is 1. The third kappa shape index (κ3) is 4.73. The zero-order chi connectivity index (χ0) is 24.4. The Morgan fingerprint density at radius 2 is 2.00 bits per heavy atom. The summed E-state index contributed by atoms with van der Waals surface area (Å²) in [6.07, 6.45) is -0.573. The van der Waals surface area contributed by atoms with E-state index in [1.807, 2.05) is 11.8 Å². The lowest BCUT2D eigenvalue weighted by Gasteiger charge is -2.40. The van der Waals surface area contributed by atoms with Crippen LogP contribution in [0.25, 0.3) is 0 Å². The average Bonchev–Trinajstić information content (AvgIpc) is 3.43. The van der Waals surface area contributed by atoms with E-state index < -0.39 is 18.0 Å². The van der Waals surface area contributed by atoms with Crippen molar-refractivity contribution in [3.63, 3.8) is 0 Å². The number of cyclic esters (lactones) is 1. The van der Waals surface area contributed by atoms with Crippen molar-refractivity contribution in [2.24, 2.45) is 0 Å². The number of hydrogen-bond donors (Lipinski definition) is 1. The quantitative estimate of drug-likeness (QED) is 0.641. The van der Waals surface area contributed by atoms with Crippen LogP contribution in [0.15, 0.2) is 34.7 Å². The van der Waals surface area contributed by atoms with Crippen LogP contribution in [0.3, 0.4) is 0 Å². The fourth-order valence-electron chi connectivity index (χ4n) is 4.17. The van der Waals surface area contributed by atoms with Gasteiger partial charge in [0.1, 0.15) is 11.9 Å². The van der Waals surface area contributed by atoms with Gasteiger partial charge in [0.15, 0.2) is 17.8 Å². The van der Waals surface area contributed by atoms with Crippen molar-refractivity contribution in [3.05, 3.63) is 47.7 Å². The van der Waals surface area contributed by atoms with Gasteiger partial charge in [0, 0.05) is 32.6 Å². The summed E-state index contributed by atoms with van der Waals surface area (Å²) in [5, 5.41) is 2.60. The van der Waals surface area contributed by atoms with Crippen LogP contribution >= 0.6 is 0 Å². The zero-order valence-electron chi connectivity index (χ0n) is 18.8. The van der Waals surface area contributed by atoms with E-state index in [9.17, 15) is 19.2 Å². The van der Waals surface area contributed by atoms with E-state index >= 15 is 4.39 Å². The fourth-order valence-corrected chi connectivity index (χ4v) is 4.17. The molecule has 3 amide bonds. The Labute approximate surface area is 195 Å². The maximum absolute atomic E-state index is 15.0. The number of amides is 3. The number of furan rings is 1. The topological polar surface area (TPSA) is 112 Å². The summed E-state index contributed by atoms with van der Waals surface area (Å²) in [6.45, 7) is 4.77. The highest BCUT2D eigenvalue weighted by Crippen LogP contribution is 2.29. The molecule has 1 aromatic heterocycles. The molecule has 2 fully saturated rings. The molecule has 3 heterocycles. The second-order valence-corrected chi connectivity index (χ2v) is 8.30. The van der Waals surface area contributed by atoms with Crippen LogP contribution in [-0.2, 0) is 9.53 Å². The largest absolute Gasteiger partial charge is 0.448 e. The van der Waals surface area contributed by atoms with Crippen molar-refractivity contribution in [3.8, 4) is 0 Å². The van der Waals surface area contributed by atoms with Crippen molar-refractivity contribution in [1.29, 1.82) is 0 Å². The van der Waals surface area contributed by atoms with Crippen LogP contribution < -0.4 is 15.1 Å². The Bertz CT molecular complexity index is 1120. The Kier molecular flexibility index (Phi) is 6.53. The summed E-state index contributed by atoms with van der Waals surface area (Å²) in [7, 11) is 0. The molecule has 2 aliphatic rings. The van der Waals surface area contributed by atoms with Gasteiger partial charge in [-0.15, -0.1) is 0 Å². The molecule has 0 aliphatic carbocycles. The molecule has 0 spiro atoms. The number of carbonyl (C=O) groups is 4. The monoisotopic (exact) mass is 472 g/mol. The molecule has 0 bridgehead atoms. The number of nitrogens with one attached hydrogen (secondary N) is 1. The minimum Gasteiger partial charge on any atom is -0.448 e. The highest BCUT2D eigenvalue weighted by Gasteiger charge is 2.34. The SMILES string of the molecule is CC(=O)NC[C@H]1CN(c2ccc(N3CCN(C(=O)c4ccc(C=O)o4)C(C)C3)c(F)c2)C(=O)O1. The molecule has 0 radical (unpaired) electrons. The Hall–Kier alpha value is -3.89. The molecule has 180 valence electrons. The van der Waals surface area contributed by atoms with Crippen LogP contribution in [0.5, 0.6) is 0 Å². The van der Waals surface area contributed by atoms with Gasteiger partial charge in [0.25, 0.3) is 5.91 Å². The molecule has 2 aliphatic heterocycles. The molecule has 0 saturated carbocycles. The smallest absolute Gasteiger partial charge is 0.414 e. The van der Waals surface area contributed by atoms with Gasteiger partial charge < -0.3 is 24.3 Å². The zero-order valence-corrected chi connectivity index (χ0v) is 18.8. The number of hydrogen-bond acceptors (Lipinski definition) is 7. The minimum atomic E-state index is -0.598. The van der Waals surface area contributed by atoms with E-state index in [2.05, 4.69) is 5.32 Å². The van der Waals surface area contributed by atoms with Crippen molar-refractivity contribution >= 4 is 35.6 Å². The van der Waals surface area contributed by atoms with Crippen LogP contribution in [0.2, 0.25) is 0 Å². The lowest BCUT2D eigenvalue weighted by atomic mass is 10.1. The van der Waals surface area contributed by atoms with E-state index in [0.29, 0.717) is 37.3 Å². The first-order chi connectivity index (χ1) is 16.3. The number of ether oxygens (including phenoxy) is 1. The molecule has 1 unspecified atom stereocenters. The maximum Gasteiger partial charge on any atom is 0.414 e. The molecule has 2 aromatic rings. The van der Waals surface area contributed by atoms with Gasteiger partial charge in [0.05, 0.1) is 24.5 Å². The third-order valence-electron chi connectivity index (χ3n) is 5.88. The van der Waals surface area contributed by atoms with Crippen LogP contribution in [0.1, 0.15) is 35.0 Å². The molecular formula is C23H25FN4O6. The van der Waals surface area contributed by atoms with Gasteiger partial charge in [0.2, 0.25) is 5.91 Å². The number of rotatable bonds is 6. The summed E-state index contributed by atoms with van der Waals surface area (Å²) >= 11 is 0. The van der Waals surface area contributed by atoms with E-state index in [0.717, 1.165) is 0 Å². The lowest BCUT2D eigenvalue weighted by molar-refractivity contribution is -0.119. The second-order valence-electron chi connectivity index (χ2n) is 8.30. The van der Waals surface area contributed by atoms with Gasteiger partial charge in [-0.3, -0.25) is 19.3 Å². The minimum absolute atomic E-state index is 0.0834. The van der Waals surface area contributed by atoms with E-state index in [1.165, 1.54) is 30.0 Å². The van der Waals surface area contributed by atoms with Crippen LogP contribution in [0.4, 0.5) is 20.6 Å². The van der Waals surface area contributed by atoms with Gasteiger partial charge in [-0.05, 0) is 37.3 Å². The maximum atomic E-state index is 15.0. The van der Waals surface area contributed by atoms with Crippen LogP contribution in [0, 0.1) is 5.82 Å². The molecule has 2 saturated heterocycles. The number of carbonyl (C=O) groups excluding carboxylic acids is 4. The van der Waals surface area contributed by atoms with Crippen LogP contribution in [-0.4, -0.2) is 74.0 Å². The van der Waals surface area contributed by atoms with E-state index in [-0.39, 0.29) is 42.5 Å².